The summed E-state index contributed by atoms with van der Waals surface area (Å²) in [6.45, 7) is 0. The predicted octanol–water partition coefficient (Wildman–Crippen LogP) is 4.89. The van der Waals surface area contributed by atoms with Crippen molar-refractivity contribution in [3.63, 3.8) is 0 Å². The molecule has 102 valence electrons. The van der Waals surface area contributed by atoms with E-state index in [-0.39, 0.29) is 5.78 Å². The highest BCUT2D eigenvalue weighted by Gasteiger charge is 2.02. The molecule has 0 amide bonds. The molecule has 3 aromatic rings. The van der Waals surface area contributed by atoms with Crippen LogP contribution in [0.2, 0.25) is 0 Å². The van der Waals surface area contributed by atoms with Crippen LogP contribution in [-0.2, 0) is 0 Å². The number of rotatable bonds is 3. The lowest BCUT2D eigenvalue weighted by molar-refractivity contribution is 0.104. The summed E-state index contributed by atoms with van der Waals surface area (Å²) in [5, 5.41) is 1.06. The number of hydrogen-bond acceptors (Lipinski definition) is 2. The van der Waals surface area contributed by atoms with Gasteiger partial charge in [-0.2, -0.15) is 0 Å². The highest BCUT2D eigenvalue weighted by Crippen LogP contribution is 2.16. The fourth-order valence-corrected chi connectivity index (χ4v) is 2.51. The first-order valence-corrected chi connectivity index (χ1v) is 7.34. The van der Waals surface area contributed by atoms with Crippen molar-refractivity contribution in [2.24, 2.45) is 0 Å². The number of benzene rings is 2. The molecule has 0 saturated heterocycles. The maximum Gasteiger partial charge on any atom is 0.185 e. The molecule has 0 atom stereocenters. The number of allylic oxidation sites excluding steroid dienone is 1. The minimum Gasteiger partial charge on any atom is -0.289 e. The zero-order valence-electron chi connectivity index (χ0n) is 11.2. The fourth-order valence-electron chi connectivity index (χ4n) is 2.11. The van der Waals surface area contributed by atoms with Crippen LogP contribution < -0.4 is 0 Å². The van der Waals surface area contributed by atoms with E-state index < -0.39 is 0 Å². The molecule has 3 rings (SSSR count). The Morgan fingerprint density at radius 1 is 1.05 bits per heavy atom. The number of pyridine rings is 1. The number of halogens is 1. The molecule has 0 N–H and O–H groups in total. The van der Waals surface area contributed by atoms with E-state index in [1.165, 1.54) is 0 Å². The molecule has 0 aliphatic heterocycles. The summed E-state index contributed by atoms with van der Waals surface area (Å²) in [6, 6.07) is 17.2. The van der Waals surface area contributed by atoms with Crippen LogP contribution in [0.3, 0.4) is 0 Å². The van der Waals surface area contributed by atoms with Crippen LogP contribution in [0.1, 0.15) is 15.9 Å². The van der Waals surface area contributed by atoms with Crippen LogP contribution in [-0.4, -0.2) is 10.8 Å². The van der Waals surface area contributed by atoms with E-state index in [1.54, 1.807) is 12.3 Å². The van der Waals surface area contributed by atoms with Crippen molar-refractivity contribution in [3.05, 3.63) is 82.5 Å². The number of carbonyl (C=O) groups excluding carboxylic acids is 1. The normalized spacial score (nSPS) is 11.1. The monoisotopic (exact) mass is 337 g/mol. The van der Waals surface area contributed by atoms with Gasteiger partial charge in [-0.05, 0) is 42.0 Å². The van der Waals surface area contributed by atoms with Crippen molar-refractivity contribution in [1.29, 1.82) is 0 Å². The molecule has 0 spiro atoms. The molecule has 1 aromatic heterocycles. The zero-order valence-corrected chi connectivity index (χ0v) is 12.7. The minimum atomic E-state index is -0.0115. The molecule has 2 nitrogen and oxygen atoms in total. The van der Waals surface area contributed by atoms with E-state index >= 15 is 0 Å². The Morgan fingerprint density at radius 2 is 1.95 bits per heavy atom. The second kappa shape index (κ2) is 6.02. The van der Waals surface area contributed by atoms with Gasteiger partial charge in [-0.3, -0.25) is 9.78 Å². The van der Waals surface area contributed by atoms with E-state index in [9.17, 15) is 4.79 Å². The molecule has 0 unspecified atom stereocenters. The van der Waals surface area contributed by atoms with Gasteiger partial charge in [0.05, 0.1) is 5.52 Å². The summed E-state index contributed by atoms with van der Waals surface area (Å²) in [7, 11) is 0. The van der Waals surface area contributed by atoms with Crippen LogP contribution in [0.15, 0.2) is 71.3 Å². The largest absolute Gasteiger partial charge is 0.289 e. The summed E-state index contributed by atoms with van der Waals surface area (Å²) in [5.74, 6) is -0.0115. The molecule has 0 radical (unpaired) electrons. The smallest absolute Gasteiger partial charge is 0.185 e. The van der Waals surface area contributed by atoms with Crippen molar-refractivity contribution in [2.45, 2.75) is 0 Å². The first-order chi connectivity index (χ1) is 10.2. The molecule has 0 bridgehead atoms. The Balaban J connectivity index is 1.85. The quantitative estimate of drug-likeness (QED) is 0.503. The Kier molecular flexibility index (Phi) is 3.93. The lowest BCUT2D eigenvalue weighted by atomic mass is 10.1. The average Bonchev–Trinajstić information content (AvgIpc) is 2.52. The van der Waals surface area contributed by atoms with Crippen molar-refractivity contribution in [2.75, 3.05) is 0 Å². The predicted molar refractivity (Wildman–Crippen MR) is 89.2 cm³/mol. The summed E-state index contributed by atoms with van der Waals surface area (Å²) < 4.78 is 0.901. The van der Waals surface area contributed by atoms with Crippen molar-refractivity contribution in [3.8, 4) is 0 Å². The third kappa shape index (κ3) is 3.26. The number of aromatic nitrogens is 1. The van der Waals surface area contributed by atoms with Crippen LogP contribution in [0.25, 0.3) is 17.0 Å². The summed E-state index contributed by atoms with van der Waals surface area (Å²) in [5.41, 5.74) is 2.61. The van der Waals surface area contributed by atoms with Crippen molar-refractivity contribution < 1.29 is 4.79 Å². The van der Waals surface area contributed by atoms with E-state index in [1.807, 2.05) is 60.7 Å². The first kappa shape index (κ1) is 13.7. The fraction of sp³-hybridized carbons (Fsp3) is 0. The average molecular weight is 338 g/mol. The van der Waals surface area contributed by atoms with E-state index in [4.69, 9.17) is 0 Å². The van der Waals surface area contributed by atoms with Gasteiger partial charge < -0.3 is 0 Å². The molecule has 0 aliphatic rings. The molecule has 1 heterocycles. The van der Waals surface area contributed by atoms with Crippen LogP contribution in [0.5, 0.6) is 0 Å². The SMILES string of the molecule is O=C(/C=C/c1ccc2ncccc2c1)c1cccc(Br)c1. The number of hydrogen-bond donors (Lipinski definition) is 0. The van der Waals surface area contributed by atoms with Gasteiger partial charge in [0.25, 0.3) is 0 Å². The molecular weight excluding hydrogens is 326 g/mol. The molecule has 21 heavy (non-hydrogen) atoms. The Labute approximate surface area is 131 Å². The number of carbonyl (C=O) groups is 1. The van der Waals surface area contributed by atoms with Gasteiger partial charge >= 0.3 is 0 Å². The molecular formula is C18H12BrNO. The Hall–Kier alpha value is -2.26. The van der Waals surface area contributed by atoms with Crippen molar-refractivity contribution >= 4 is 38.7 Å². The van der Waals surface area contributed by atoms with Gasteiger partial charge in [0.15, 0.2) is 5.78 Å². The highest BCUT2D eigenvalue weighted by atomic mass is 79.9. The van der Waals surface area contributed by atoms with E-state index in [2.05, 4.69) is 20.9 Å². The lowest BCUT2D eigenvalue weighted by Gasteiger charge is -1.99. The molecule has 2 aromatic carbocycles. The van der Waals surface area contributed by atoms with Gasteiger partial charge in [-0.1, -0.05) is 46.3 Å². The van der Waals surface area contributed by atoms with Crippen molar-refractivity contribution in [1.82, 2.24) is 4.98 Å². The Morgan fingerprint density at radius 3 is 2.81 bits per heavy atom. The molecule has 0 saturated carbocycles. The lowest BCUT2D eigenvalue weighted by Crippen LogP contribution is -1.93. The second-order valence-electron chi connectivity index (χ2n) is 4.66. The third-order valence-electron chi connectivity index (χ3n) is 3.16. The number of fused-ring (bicyclic) bond motifs is 1. The minimum absolute atomic E-state index is 0.0115. The molecule has 3 heteroatoms. The first-order valence-electron chi connectivity index (χ1n) is 6.55. The Bertz CT molecular complexity index is 839. The number of ketones is 1. The van der Waals surface area contributed by atoms with Gasteiger partial charge in [-0.25, -0.2) is 0 Å². The van der Waals surface area contributed by atoms with Crippen LogP contribution in [0.4, 0.5) is 0 Å². The number of nitrogens with zero attached hydrogens (tertiary/aromatic N) is 1. The van der Waals surface area contributed by atoms with E-state index in [0.717, 1.165) is 20.9 Å². The van der Waals surface area contributed by atoms with Gasteiger partial charge in [-0.15, -0.1) is 0 Å². The summed E-state index contributed by atoms with van der Waals surface area (Å²) in [6.07, 6.45) is 5.20. The van der Waals surface area contributed by atoms with Gasteiger partial charge in [0.2, 0.25) is 0 Å². The standard InChI is InChI=1S/C18H12BrNO/c19-16-5-1-3-15(12-16)18(21)9-7-13-6-8-17-14(11-13)4-2-10-20-17/h1-12H/b9-7+. The summed E-state index contributed by atoms with van der Waals surface area (Å²) >= 11 is 3.37. The third-order valence-corrected chi connectivity index (χ3v) is 3.66. The van der Waals surface area contributed by atoms with Crippen LogP contribution >= 0.6 is 15.9 Å². The van der Waals surface area contributed by atoms with Gasteiger partial charge in [0, 0.05) is 21.6 Å². The topological polar surface area (TPSA) is 30.0 Å². The van der Waals surface area contributed by atoms with Crippen LogP contribution in [0, 0.1) is 0 Å². The molecule has 0 aliphatic carbocycles. The van der Waals surface area contributed by atoms with E-state index in [0.29, 0.717) is 5.56 Å². The summed E-state index contributed by atoms with van der Waals surface area (Å²) in [4.78, 5) is 16.4. The maximum atomic E-state index is 12.1. The molecule has 0 fully saturated rings. The maximum absolute atomic E-state index is 12.1. The zero-order chi connectivity index (χ0) is 14.7. The van der Waals surface area contributed by atoms with Gasteiger partial charge in [0.1, 0.15) is 0 Å². The highest BCUT2D eigenvalue weighted by molar-refractivity contribution is 9.10. The second-order valence-corrected chi connectivity index (χ2v) is 5.58.